The highest BCUT2D eigenvalue weighted by Gasteiger charge is 2.22. The van der Waals surface area contributed by atoms with Crippen molar-refractivity contribution in [1.29, 1.82) is 0 Å². The van der Waals surface area contributed by atoms with Gasteiger partial charge in [-0.15, -0.1) is 0 Å². The molecule has 0 aliphatic carbocycles. The Morgan fingerprint density at radius 2 is 1.79 bits per heavy atom. The summed E-state index contributed by atoms with van der Waals surface area (Å²) in [5, 5.41) is 18.2. The monoisotopic (exact) mass is 468 g/mol. The molecular weight excluding hydrogens is 448 g/mol. The Kier molecular flexibility index (Phi) is 6.55. The maximum absolute atomic E-state index is 12.5. The van der Waals surface area contributed by atoms with Gasteiger partial charge in [0.15, 0.2) is 0 Å². The molecule has 1 aromatic heterocycles. The van der Waals surface area contributed by atoms with Gasteiger partial charge >= 0.3 is 0 Å². The number of carbonyl (C=O) groups excluding carboxylic acids is 2. The van der Waals surface area contributed by atoms with E-state index in [4.69, 9.17) is 11.6 Å². The Balaban J connectivity index is 1.28. The van der Waals surface area contributed by atoms with Crippen molar-refractivity contribution >= 4 is 34.8 Å². The van der Waals surface area contributed by atoms with Crippen LogP contribution in [0, 0.1) is 10.1 Å². The third kappa shape index (κ3) is 5.29. The number of aromatic nitrogens is 2. The lowest BCUT2D eigenvalue weighted by molar-refractivity contribution is -0.384. The zero-order chi connectivity index (χ0) is 23.4. The van der Waals surface area contributed by atoms with Crippen molar-refractivity contribution in [3.8, 4) is 5.69 Å². The molecule has 0 radical (unpaired) electrons. The summed E-state index contributed by atoms with van der Waals surface area (Å²) in [5.41, 5.74) is 1.85. The number of nitrogens with zero attached hydrogens (tertiary/aromatic N) is 5. The average Bonchev–Trinajstić information content (AvgIpc) is 3.33. The zero-order valence-corrected chi connectivity index (χ0v) is 18.3. The van der Waals surface area contributed by atoms with E-state index in [9.17, 15) is 19.7 Å². The predicted molar refractivity (Wildman–Crippen MR) is 123 cm³/mol. The van der Waals surface area contributed by atoms with Crippen molar-refractivity contribution in [3.05, 3.63) is 81.6 Å². The number of rotatable bonds is 6. The van der Waals surface area contributed by atoms with Crippen LogP contribution in [0.4, 0.5) is 11.4 Å². The second-order valence-corrected chi connectivity index (χ2v) is 7.91. The van der Waals surface area contributed by atoms with Gasteiger partial charge < -0.3 is 15.1 Å². The molecular formula is C22H21ClN6O4. The molecule has 0 atom stereocenters. The topological polar surface area (TPSA) is 114 Å². The highest BCUT2D eigenvalue weighted by molar-refractivity contribution is 6.30. The lowest BCUT2D eigenvalue weighted by atomic mass is 10.2. The van der Waals surface area contributed by atoms with E-state index < -0.39 is 10.8 Å². The number of hydrogen-bond donors (Lipinski definition) is 1. The first-order chi connectivity index (χ1) is 15.9. The Morgan fingerprint density at radius 3 is 2.45 bits per heavy atom. The van der Waals surface area contributed by atoms with Crippen molar-refractivity contribution < 1.29 is 14.5 Å². The van der Waals surface area contributed by atoms with E-state index >= 15 is 0 Å². The summed E-state index contributed by atoms with van der Waals surface area (Å²) >= 11 is 6.06. The molecule has 10 nitrogen and oxygen atoms in total. The van der Waals surface area contributed by atoms with Crippen LogP contribution in [0.25, 0.3) is 5.69 Å². The highest BCUT2D eigenvalue weighted by Crippen LogP contribution is 2.21. The fourth-order valence-electron chi connectivity index (χ4n) is 3.56. The highest BCUT2D eigenvalue weighted by atomic mass is 35.5. The minimum atomic E-state index is -0.486. The van der Waals surface area contributed by atoms with Crippen LogP contribution in [0.1, 0.15) is 10.4 Å². The number of non-ortho nitro benzene ring substituents is 1. The number of nitrogens with one attached hydrogen (secondary N) is 1. The van der Waals surface area contributed by atoms with Crippen LogP contribution in [-0.4, -0.2) is 64.1 Å². The largest absolute Gasteiger partial charge is 0.368 e. The number of amides is 2. The summed E-state index contributed by atoms with van der Waals surface area (Å²) in [6.07, 6.45) is 2.88. The maximum atomic E-state index is 12.5. The van der Waals surface area contributed by atoms with Gasteiger partial charge in [0.05, 0.1) is 28.9 Å². The summed E-state index contributed by atoms with van der Waals surface area (Å²) in [4.78, 5) is 39.2. The molecule has 4 rings (SSSR count). The molecule has 170 valence electrons. The predicted octanol–water partition coefficient (Wildman–Crippen LogP) is 2.51. The van der Waals surface area contributed by atoms with Crippen LogP contribution < -0.4 is 10.2 Å². The van der Waals surface area contributed by atoms with E-state index in [1.165, 1.54) is 29.2 Å². The minimum Gasteiger partial charge on any atom is -0.368 e. The van der Waals surface area contributed by atoms with Crippen molar-refractivity contribution in [2.24, 2.45) is 0 Å². The zero-order valence-electron chi connectivity index (χ0n) is 17.6. The van der Waals surface area contributed by atoms with Crippen LogP contribution in [0.5, 0.6) is 0 Å². The quantitative estimate of drug-likeness (QED) is 0.439. The Labute approximate surface area is 194 Å². The first-order valence-electron chi connectivity index (χ1n) is 10.3. The summed E-state index contributed by atoms with van der Waals surface area (Å²) in [6, 6.07) is 13.4. The van der Waals surface area contributed by atoms with Gasteiger partial charge in [-0.3, -0.25) is 19.7 Å². The molecule has 2 heterocycles. The molecule has 1 N–H and O–H groups in total. The van der Waals surface area contributed by atoms with Gasteiger partial charge in [0.2, 0.25) is 5.91 Å². The van der Waals surface area contributed by atoms with Gasteiger partial charge in [0, 0.05) is 55.2 Å². The molecule has 0 unspecified atom stereocenters. The van der Waals surface area contributed by atoms with Crippen LogP contribution in [-0.2, 0) is 4.79 Å². The first kappa shape index (κ1) is 22.3. The standard InChI is InChI=1S/C22H21ClN6O4/c23-17-2-1-3-20(12-17)26-8-10-27(11-9-26)21(30)14-24-22(31)16-13-25-28(15-16)18-4-6-19(7-5-18)29(32)33/h1-7,12-13,15H,8-11,14H2,(H,24,31). The molecule has 1 aliphatic heterocycles. The molecule has 33 heavy (non-hydrogen) atoms. The van der Waals surface area contributed by atoms with E-state index in [-0.39, 0.29) is 23.7 Å². The number of nitro groups is 1. The molecule has 0 bridgehead atoms. The SMILES string of the molecule is O=C(NCC(=O)N1CCN(c2cccc(Cl)c2)CC1)c1cnn(-c2ccc([N+](=O)[O-])cc2)c1. The second-order valence-electron chi connectivity index (χ2n) is 7.48. The Bertz CT molecular complexity index is 1170. The van der Waals surface area contributed by atoms with Gasteiger partial charge in [-0.05, 0) is 30.3 Å². The number of carbonyl (C=O) groups is 2. The number of hydrogen-bond acceptors (Lipinski definition) is 6. The maximum Gasteiger partial charge on any atom is 0.269 e. The minimum absolute atomic E-state index is 0.0317. The first-order valence-corrected chi connectivity index (χ1v) is 10.6. The number of halogens is 1. The lowest BCUT2D eigenvalue weighted by Crippen LogP contribution is -2.51. The number of benzene rings is 2. The Morgan fingerprint density at radius 1 is 1.06 bits per heavy atom. The van der Waals surface area contributed by atoms with E-state index in [0.717, 1.165) is 5.69 Å². The van der Waals surface area contributed by atoms with Gasteiger partial charge in [-0.1, -0.05) is 17.7 Å². The summed E-state index contributed by atoms with van der Waals surface area (Å²) < 4.78 is 1.44. The van der Waals surface area contributed by atoms with Crippen LogP contribution in [0.3, 0.4) is 0 Å². The molecule has 2 amide bonds. The molecule has 3 aromatic rings. The molecule has 1 aliphatic rings. The fraction of sp³-hybridized carbons (Fsp3) is 0.227. The third-order valence-electron chi connectivity index (χ3n) is 5.38. The second kappa shape index (κ2) is 9.70. The van der Waals surface area contributed by atoms with Gasteiger partial charge in [-0.25, -0.2) is 4.68 Å². The summed E-state index contributed by atoms with van der Waals surface area (Å²) in [7, 11) is 0. The third-order valence-corrected chi connectivity index (χ3v) is 5.61. The fourth-order valence-corrected chi connectivity index (χ4v) is 3.75. The van der Waals surface area contributed by atoms with Crippen molar-refractivity contribution in [3.63, 3.8) is 0 Å². The van der Waals surface area contributed by atoms with E-state index in [1.807, 2.05) is 24.3 Å². The molecule has 1 saturated heterocycles. The molecule has 0 saturated carbocycles. The number of nitro benzene ring substituents is 1. The van der Waals surface area contributed by atoms with Crippen LogP contribution in [0.15, 0.2) is 60.9 Å². The van der Waals surface area contributed by atoms with Crippen molar-refractivity contribution in [1.82, 2.24) is 20.0 Å². The van der Waals surface area contributed by atoms with Crippen LogP contribution in [0.2, 0.25) is 5.02 Å². The lowest BCUT2D eigenvalue weighted by Gasteiger charge is -2.36. The van der Waals surface area contributed by atoms with Gasteiger partial charge in [0.25, 0.3) is 11.6 Å². The van der Waals surface area contributed by atoms with Gasteiger partial charge in [-0.2, -0.15) is 5.10 Å². The number of anilines is 1. The average molecular weight is 469 g/mol. The van der Waals surface area contributed by atoms with Crippen molar-refractivity contribution in [2.75, 3.05) is 37.6 Å². The molecule has 11 heteroatoms. The summed E-state index contributed by atoms with van der Waals surface area (Å²) in [5.74, 6) is -0.578. The Hall–Kier alpha value is -3.92. The summed E-state index contributed by atoms with van der Waals surface area (Å²) in [6.45, 7) is 2.36. The molecule has 0 spiro atoms. The van der Waals surface area contributed by atoms with E-state index in [1.54, 1.807) is 17.0 Å². The van der Waals surface area contributed by atoms with E-state index in [0.29, 0.717) is 36.9 Å². The smallest absolute Gasteiger partial charge is 0.269 e. The van der Waals surface area contributed by atoms with Crippen LogP contribution >= 0.6 is 11.6 Å². The normalized spacial score (nSPS) is 13.6. The molecule has 2 aromatic carbocycles. The molecule has 1 fully saturated rings. The number of piperazine rings is 1. The van der Waals surface area contributed by atoms with E-state index in [2.05, 4.69) is 15.3 Å². The van der Waals surface area contributed by atoms with Gasteiger partial charge in [0.1, 0.15) is 0 Å². The van der Waals surface area contributed by atoms with Crippen molar-refractivity contribution in [2.45, 2.75) is 0 Å².